The quantitative estimate of drug-likeness (QED) is 0.187. The van der Waals surface area contributed by atoms with E-state index >= 15 is 0 Å². The number of amides is 1. The fourth-order valence-electron chi connectivity index (χ4n) is 3.56. The average molecular weight is 376 g/mol. The molecule has 0 unspecified atom stereocenters. The molecule has 0 bridgehead atoms. The molecule has 7 heteroatoms. The molecule has 1 heterocycles. The third-order valence-electron chi connectivity index (χ3n) is 4.96. The first kappa shape index (κ1) is 17.9. The van der Waals surface area contributed by atoms with E-state index in [1.165, 1.54) is 6.07 Å². The van der Waals surface area contributed by atoms with Gasteiger partial charge in [0.1, 0.15) is 11.2 Å². The molecule has 0 saturated carbocycles. The first-order chi connectivity index (χ1) is 13.6. The Morgan fingerprint density at radius 1 is 1.18 bits per heavy atom. The van der Waals surface area contributed by atoms with E-state index in [1.54, 1.807) is 18.2 Å². The molecule has 142 valence electrons. The summed E-state index contributed by atoms with van der Waals surface area (Å²) in [6, 6.07) is 12.1. The lowest BCUT2D eigenvalue weighted by Crippen LogP contribution is -2.30. The zero-order chi connectivity index (χ0) is 19.8. The number of nitrogens with two attached hydrogens (primary N) is 1. The van der Waals surface area contributed by atoms with E-state index in [0.29, 0.717) is 33.3 Å². The van der Waals surface area contributed by atoms with E-state index in [1.807, 2.05) is 18.2 Å². The van der Waals surface area contributed by atoms with Gasteiger partial charge in [0.25, 0.3) is 5.91 Å². The minimum Gasteiger partial charge on any atom is -0.453 e. The summed E-state index contributed by atoms with van der Waals surface area (Å²) in [4.78, 5) is 31.7. The van der Waals surface area contributed by atoms with Crippen molar-refractivity contribution in [1.29, 1.82) is 0 Å². The normalized spacial score (nSPS) is 11.2. The lowest BCUT2D eigenvalue weighted by Gasteiger charge is -2.21. The van der Waals surface area contributed by atoms with Gasteiger partial charge in [0.15, 0.2) is 16.8 Å². The van der Waals surface area contributed by atoms with Crippen LogP contribution in [0.15, 0.2) is 51.7 Å². The van der Waals surface area contributed by atoms with Crippen molar-refractivity contribution in [2.45, 2.75) is 13.8 Å². The maximum Gasteiger partial charge on any atom is 0.265 e. The lowest BCUT2D eigenvalue weighted by molar-refractivity contribution is 0.0955. The molecule has 28 heavy (non-hydrogen) atoms. The summed E-state index contributed by atoms with van der Waals surface area (Å²) in [6.45, 7) is 5.92. The van der Waals surface area contributed by atoms with Crippen molar-refractivity contribution in [3.63, 3.8) is 0 Å². The molecule has 0 fully saturated rings. The lowest BCUT2D eigenvalue weighted by atomic mass is 9.99. The number of nitrogens with zero attached hydrogens (tertiary/aromatic N) is 2. The number of hydrogen-bond acceptors (Lipinski definition) is 6. The second-order valence-corrected chi connectivity index (χ2v) is 6.46. The number of fused-ring (bicyclic) bond motifs is 4. The summed E-state index contributed by atoms with van der Waals surface area (Å²) in [5.74, 6) is 5.16. The van der Waals surface area contributed by atoms with Gasteiger partial charge in [-0.25, -0.2) is 10.8 Å². The third-order valence-corrected chi connectivity index (χ3v) is 4.96. The van der Waals surface area contributed by atoms with Gasteiger partial charge in [0, 0.05) is 41.7 Å². The van der Waals surface area contributed by atoms with E-state index in [4.69, 9.17) is 15.2 Å². The third kappa shape index (κ3) is 2.76. The number of carbonyl (C=O) groups excluding carboxylic acids is 1. The Balaban J connectivity index is 2.06. The SMILES string of the molecule is CCN(CC)c1ccc2nc3c4c(C(=O)NN)cccc4c(=O)cc-3oc2c1. The van der Waals surface area contributed by atoms with Gasteiger partial charge in [-0.15, -0.1) is 0 Å². The standard InChI is InChI=1S/C21H20N4O3/c1-3-25(4-2)12-8-9-15-17(10-12)28-18-11-16(26)13-6-5-7-14(21(27)24-22)19(13)20(18)23-15/h5-11H,3-4,22H2,1-2H3,(H,24,27). The van der Waals surface area contributed by atoms with Crippen LogP contribution < -0.4 is 21.6 Å². The van der Waals surface area contributed by atoms with Gasteiger partial charge >= 0.3 is 0 Å². The van der Waals surface area contributed by atoms with Crippen LogP contribution in [0.5, 0.6) is 0 Å². The largest absolute Gasteiger partial charge is 0.453 e. The van der Waals surface area contributed by atoms with Crippen LogP contribution in [0.1, 0.15) is 24.2 Å². The molecule has 0 radical (unpaired) electrons. The number of rotatable bonds is 4. The molecule has 4 rings (SSSR count). The molecule has 0 atom stereocenters. The van der Waals surface area contributed by atoms with Crippen LogP contribution in [0, 0.1) is 0 Å². The Morgan fingerprint density at radius 2 is 1.96 bits per heavy atom. The predicted octanol–water partition coefficient (Wildman–Crippen LogP) is 2.90. The zero-order valence-corrected chi connectivity index (χ0v) is 15.7. The molecule has 1 aliphatic carbocycles. The van der Waals surface area contributed by atoms with Crippen LogP contribution in [0.25, 0.3) is 33.3 Å². The summed E-state index contributed by atoms with van der Waals surface area (Å²) < 4.78 is 6.03. The zero-order valence-electron chi connectivity index (χ0n) is 15.7. The van der Waals surface area contributed by atoms with Crippen molar-refractivity contribution in [2.24, 2.45) is 5.84 Å². The molecule has 1 aliphatic heterocycles. The molecular weight excluding hydrogens is 356 g/mol. The van der Waals surface area contributed by atoms with Crippen LogP contribution in [-0.2, 0) is 0 Å². The molecule has 2 aromatic rings. The summed E-state index contributed by atoms with van der Waals surface area (Å²) in [6.07, 6.45) is 0. The van der Waals surface area contributed by atoms with Gasteiger partial charge in [-0.2, -0.15) is 0 Å². The van der Waals surface area contributed by atoms with Gasteiger partial charge in [0.2, 0.25) is 0 Å². The number of aromatic nitrogens is 1. The van der Waals surface area contributed by atoms with Gasteiger partial charge in [-0.1, -0.05) is 12.1 Å². The highest BCUT2D eigenvalue weighted by Gasteiger charge is 2.21. The summed E-state index contributed by atoms with van der Waals surface area (Å²) in [7, 11) is 0. The van der Waals surface area contributed by atoms with E-state index in [2.05, 4.69) is 24.2 Å². The van der Waals surface area contributed by atoms with Crippen LogP contribution in [0.4, 0.5) is 5.69 Å². The van der Waals surface area contributed by atoms with Crippen molar-refractivity contribution in [2.75, 3.05) is 18.0 Å². The molecular formula is C21H20N4O3. The smallest absolute Gasteiger partial charge is 0.265 e. The predicted molar refractivity (Wildman–Crippen MR) is 110 cm³/mol. The van der Waals surface area contributed by atoms with Crippen LogP contribution >= 0.6 is 0 Å². The number of benzene rings is 3. The molecule has 2 aromatic carbocycles. The summed E-state index contributed by atoms with van der Waals surface area (Å²) in [5, 5.41) is 0.835. The van der Waals surface area contributed by atoms with Crippen molar-refractivity contribution < 1.29 is 9.21 Å². The summed E-state index contributed by atoms with van der Waals surface area (Å²) >= 11 is 0. The Labute approximate surface area is 161 Å². The van der Waals surface area contributed by atoms with Gasteiger partial charge < -0.3 is 9.32 Å². The first-order valence-electron chi connectivity index (χ1n) is 9.13. The number of carbonyl (C=O) groups is 1. The molecule has 1 amide bonds. The highest BCUT2D eigenvalue weighted by Crippen LogP contribution is 2.33. The Hall–Kier alpha value is -3.45. The first-order valence-corrected chi connectivity index (χ1v) is 9.13. The highest BCUT2D eigenvalue weighted by atomic mass is 16.3. The van der Waals surface area contributed by atoms with E-state index < -0.39 is 5.91 Å². The second-order valence-electron chi connectivity index (χ2n) is 6.46. The molecule has 7 nitrogen and oxygen atoms in total. The van der Waals surface area contributed by atoms with E-state index in [-0.39, 0.29) is 11.0 Å². The molecule has 0 spiro atoms. The maximum absolute atomic E-state index is 12.6. The van der Waals surface area contributed by atoms with Gasteiger partial charge in [0.05, 0.1) is 5.56 Å². The Bertz CT molecular complexity index is 1230. The number of nitrogen functional groups attached to an aromatic ring is 1. The second kappa shape index (κ2) is 6.94. The topological polar surface area (TPSA) is 101 Å². The van der Waals surface area contributed by atoms with Crippen molar-refractivity contribution >= 4 is 33.5 Å². The van der Waals surface area contributed by atoms with Crippen molar-refractivity contribution in [3.05, 3.63) is 58.3 Å². The highest BCUT2D eigenvalue weighted by molar-refractivity contribution is 6.11. The number of anilines is 1. The van der Waals surface area contributed by atoms with Crippen LogP contribution in [0.2, 0.25) is 0 Å². The molecule has 2 aliphatic rings. The Kier molecular flexibility index (Phi) is 4.44. The molecule has 0 aromatic heterocycles. The van der Waals surface area contributed by atoms with E-state index in [0.717, 1.165) is 18.8 Å². The van der Waals surface area contributed by atoms with Crippen molar-refractivity contribution in [1.82, 2.24) is 10.4 Å². The van der Waals surface area contributed by atoms with Crippen molar-refractivity contribution in [3.8, 4) is 11.5 Å². The number of nitrogens with one attached hydrogen (secondary N) is 1. The minimum absolute atomic E-state index is 0.237. The van der Waals surface area contributed by atoms with Crippen LogP contribution in [-0.4, -0.2) is 24.0 Å². The molecule has 0 saturated heterocycles. The van der Waals surface area contributed by atoms with E-state index in [9.17, 15) is 9.59 Å². The fourth-order valence-corrected chi connectivity index (χ4v) is 3.56. The monoisotopic (exact) mass is 376 g/mol. The molecule has 3 N–H and O–H groups in total. The fraction of sp³-hybridized carbons (Fsp3) is 0.190. The number of hydrogen-bond donors (Lipinski definition) is 2. The Morgan fingerprint density at radius 3 is 2.68 bits per heavy atom. The van der Waals surface area contributed by atoms with Gasteiger partial charge in [-0.3, -0.25) is 15.0 Å². The van der Waals surface area contributed by atoms with Gasteiger partial charge in [-0.05, 0) is 32.0 Å². The maximum atomic E-state index is 12.6. The number of hydrazine groups is 1. The summed E-state index contributed by atoms with van der Waals surface area (Å²) in [5.41, 5.74) is 4.87. The van der Waals surface area contributed by atoms with Crippen LogP contribution in [0.3, 0.4) is 0 Å². The average Bonchev–Trinajstić information content (AvgIpc) is 2.72. The minimum atomic E-state index is -0.490.